The van der Waals surface area contributed by atoms with Gasteiger partial charge in [-0.2, -0.15) is 0 Å². The number of nitrogens with zero attached hydrogens (tertiary/aromatic N) is 3. The van der Waals surface area contributed by atoms with Crippen molar-refractivity contribution in [2.75, 3.05) is 26.2 Å². The first-order chi connectivity index (χ1) is 15.9. The van der Waals surface area contributed by atoms with E-state index in [2.05, 4.69) is 26.2 Å². The van der Waals surface area contributed by atoms with E-state index in [1.807, 2.05) is 4.90 Å². The molecule has 8 nitrogen and oxygen atoms in total. The Kier molecular flexibility index (Phi) is 7.17. The molecule has 0 spiro atoms. The van der Waals surface area contributed by atoms with Gasteiger partial charge in [0.2, 0.25) is 5.91 Å². The van der Waals surface area contributed by atoms with Gasteiger partial charge in [0.25, 0.3) is 17.7 Å². The number of fused-ring (bicyclic) bond motifs is 1. The molecule has 1 saturated heterocycles. The summed E-state index contributed by atoms with van der Waals surface area (Å²) in [6, 6.07) is 8.55. The highest BCUT2D eigenvalue weighted by molar-refractivity contribution is 9.10. The Hall–Kier alpha value is -3.07. The van der Waals surface area contributed by atoms with Crippen LogP contribution in [-0.4, -0.2) is 64.6 Å². The molecule has 2 aliphatic rings. The Morgan fingerprint density at radius 2 is 1.85 bits per heavy atom. The van der Waals surface area contributed by atoms with E-state index in [4.69, 9.17) is 0 Å². The number of nitrogens with one attached hydrogen (secondary N) is 1. The third kappa shape index (κ3) is 5.30. The highest BCUT2D eigenvalue weighted by atomic mass is 79.9. The van der Waals surface area contributed by atoms with Gasteiger partial charge in [-0.1, -0.05) is 15.9 Å². The standard InChI is InChI=1S/C24H25BrN4O4/c25-18-5-6-19-20(13-18)24(33)29(23(19)32)10-2-4-21(30)27-14-16-7-11-28(12-8-16)22(31)17-3-1-9-26-15-17/h1,3,5-6,9,13,15-16H,2,4,7-8,10-12,14H2,(H,27,30). The molecule has 3 heterocycles. The molecule has 1 N–H and O–H groups in total. The lowest BCUT2D eigenvalue weighted by Crippen LogP contribution is -2.41. The van der Waals surface area contributed by atoms with Crippen molar-refractivity contribution in [1.82, 2.24) is 20.1 Å². The monoisotopic (exact) mass is 512 g/mol. The molecule has 33 heavy (non-hydrogen) atoms. The van der Waals surface area contributed by atoms with E-state index in [1.54, 1.807) is 42.7 Å². The largest absolute Gasteiger partial charge is 0.356 e. The summed E-state index contributed by atoms with van der Waals surface area (Å²) in [7, 11) is 0. The maximum Gasteiger partial charge on any atom is 0.261 e. The number of rotatable bonds is 7. The molecular weight excluding hydrogens is 488 g/mol. The molecule has 172 valence electrons. The number of likely N-dealkylation sites (tertiary alicyclic amines) is 1. The van der Waals surface area contributed by atoms with Gasteiger partial charge in [0.15, 0.2) is 0 Å². The van der Waals surface area contributed by atoms with Gasteiger partial charge in [-0.3, -0.25) is 29.1 Å². The van der Waals surface area contributed by atoms with Crippen LogP contribution in [0.4, 0.5) is 0 Å². The molecule has 2 aliphatic heterocycles. The van der Waals surface area contributed by atoms with E-state index in [9.17, 15) is 19.2 Å². The first-order valence-corrected chi connectivity index (χ1v) is 11.8. The predicted octanol–water partition coefficient (Wildman–Crippen LogP) is 2.89. The van der Waals surface area contributed by atoms with Crippen LogP contribution < -0.4 is 5.32 Å². The molecule has 1 fully saturated rings. The third-order valence-corrected chi connectivity index (χ3v) is 6.61. The van der Waals surface area contributed by atoms with Crippen molar-refractivity contribution in [3.8, 4) is 0 Å². The lowest BCUT2D eigenvalue weighted by atomic mass is 9.96. The molecule has 0 bridgehead atoms. The summed E-state index contributed by atoms with van der Waals surface area (Å²) in [4.78, 5) is 56.7. The second-order valence-corrected chi connectivity index (χ2v) is 9.25. The fourth-order valence-electron chi connectivity index (χ4n) is 4.22. The Labute approximate surface area is 200 Å². The number of benzene rings is 1. The van der Waals surface area contributed by atoms with Gasteiger partial charge < -0.3 is 10.2 Å². The van der Waals surface area contributed by atoms with E-state index >= 15 is 0 Å². The molecule has 2 aromatic rings. The number of piperidine rings is 1. The van der Waals surface area contributed by atoms with Gasteiger partial charge in [0.05, 0.1) is 16.7 Å². The van der Waals surface area contributed by atoms with E-state index in [0.29, 0.717) is 48.7 Å². The van der Waals surface area contributed by atoms with Gasteiger partial charge in [-0.05, 0) is 55.5 Å². The van der Waals surface area contributed by atoms with Gasteiger partial charge in [-0.15, -0.1) is 0 Å². The Bertz CT molecular complexity index is 1070. The summed E-state index contributed by atoms with van der Waals surface area (Å²) in [5.74, 6) is -0.407. The minimum absolute atomic E-state index is 0.00824. The van der Waals surface area contributed by atoms with Crippen LogP contribution in [0.5, 0.6) is 0 Å². The van der Waals surface area contributed by atoms with Crippen molar-refractivity contribution < 1.29 is 19.2 Å². The molecule has 0 radical (unpaired) electrons. The molecule has 1 aromatic heterocycles. The van der Waals surface area contributed by atoms with Gasteiger partial charge >= 0.3 is 0 Å². The minimum atomic E-state index is -0.315. The molecule has 0 unspecified atom stereocenters. The van der Waals surface area contributed by atoms with Crippen molar-refractivity contribution in [3.05, 3.63) is 63.9 Å². The van der Waals surface area contributed by atoms with Crippen molar-refractivity contribution >= 4 is 39.6 Å². The van der Waals surface area contributed by atoms with Crippen LogP contribution in [0, 0.1) is 5.92 Å². The zero-order valence-corrected chi connectivity index (χ0v) is 19.7. The molecule has 4 amide bonds. The number of pyridine rings is 1. The van der Waals surface area contributed by atoms with Crippen LogP contribution in [0.1, 0.15) is 56.8 Å². The van der Waals surface area contributed by atoms with Gasteiger partial charge in [0.1, 0.15) is 0 Å². The average molecular weight is 513 g/mol. The Morgan fingerprint density at radius 1 is 1.09 bits per heavy atom. The normalized spacial score (nSPS) is 16.2. The summed E-state index contributed by atoms with van der Waals surface area (Å²) in [5.41, 5.74) is 1.39. The number of imide groups is 1. The zero-order valence-electron chi connectivity index (χ0n) is 18.1. The SMILES string of the molecule is O=C(CCCN1C(=O)c2ccc(Br)cc2C1=O)NCC1CCN(C(=O)c2cccnc2)CC1. The number of carbonyl (C=O) groups excluding carboxylic acids is 4. The maximum atomic E-state index is 12.5. The highest BCUT2D eigenvalue weighted by Gasteiger charge is 2.35. The summed E-state index contributed by atoms with van der Waals surface area (Å²) in [5, 5.41) is 2.95. The van der Waals surface area contributed by atoms with E-state index in [-0.39, 0.29) is 36.6 Å². The lowest BCUT2D eigenvalue weighted by Gasteiger charge is -2.32. The molecule has 4 rings (SSSR count). The smallest absolute Gasteiger partial charge is 0.261 e. The van der Waals surface area contributed by atoms with Crippen LogP contribution in [0.25, 0.3) is 0 Å². The molecular formula is C24H25BrN4O4. The van der Waals surface area contributed by atoms with Crippen molar-refractivity contribution in [2.45, 2.75) is 25.7 Å². The van der Waals surface area contributed by atoms with Crippen molar-refractivity contribution in [2.24, 2.45) is 5.92 Å². The van der Waals surface area contributed by atoms with Crippen molar-refractivity contribution in [3.63, 3.8) is 0 Å². The first-order valence-electron chi connectivity index (χ1n) is 11.1. The van der Waals surface area contributed by atoms with Crippen LogP contribution in [-0.2, 0) is 4.79 Å². The quantitative estimate of drug-likeness (QED) is 0.575. The van der Waals surface area contributed by atoms with Crippen LogP contribution >= 0.6 is 15.9 Å². The number of aromatic nitrogens is 1. The summed E-state index contributed by atoms with van der Waals surface area (Å²) in [6.45, 7) is 2.09. The second kappa shape index (κ2) is 10.2. The molecule has 9 heteroatoms. The Morgan fingerprint density at radius 3 is 2.58 bits per heavy atom. The minimum Gasteiger partial charge on any atom is -0.356 e. The molecule has 1 aromatic carbocycles. The number of hydrogen-bond donors (Lipinski definition) is 1. The van der Waals surface area contributed by atoms with E-state index < -0.39 is 0 Å². The summed E-state index contributed by atoms with van der Waals surface area (Å²) >= 11 is 3.32. The van der Waals surface area contributed by atoms with E-state index in [0.717, 1.165) is 17.3 Å². The number of halogens is 1. The van der Waals surface area contributed by atoms with Crippen LogP contribution in [0.2, 0.25) is 0 Å². The Balaban J connectivity index is 1.16. The van der Waals surface area contributed by atoms with E-state index in [1.165, 1.54) is 4.90 Å². The fraction of sp³-hybridized carbons (Fsp3) is 0.375. The molecule has 0 aliphatic carbocycles. The van der Waals surface area contributed by atoms with Crippen molar-refractivity contribution in [1.29, 1.82) is 0 Å². The second-order valence-electron chi connectivity index (χ2n) is 8.34. The molecule has 0 saturated carbocycles. The number of amides is 4. The number of hydrogen-bond acceptors (Lipinski definition) is 5. The summed E-state index contributed by atoms with van der Waals surface area (Å²) < 4.78 is 0.746. The van der Waals surface area contributed by atoms with Crippen LogP contribution in [0.15, 0.2) is 47.2 Å². The van der Waals surface area contributed by atoms with Gasteiger partial charge in [-0.25, -0.2) is 0 Å². The lowest BCUT2D eigenvalue weighted by molar-refractivity contribution is -0.121. The first kappa shape index (κ1) is 23.1. The molecule has 0 atom stereocenters. The van der Waals surface area contributed by atoms with Gasteiger partial charge in [0, 0.05) is 49.5 Å². The zero-order chi connectivity index (χ0) is 23.4. The topological polar surface area (TPSA) is 99.7 Å². The summed E-state index contributed by atoms with van der Waals surface area (Å²) in [6.07, 6.45) is 5.54. The fourth-order valence-corrected chi connectivity index (χ4v) is 4.58. The highest BCUT2D eigenvalue weighted by Crippen LogP contribution is 2.26. The maximum absolute atomic E-state index is 12.5. The average Bonchev–Trinajstić information content (AvgIpc) is 3.07. The number of carbonyl (C=O) groups is 4. The predicted molar refractivity (Wildman–Crippen MR) is 125 cm³/mol. The third-order valence-electron chi connectivity index (χ3n) is 6.12. The van der Waals surface area contributed by atoms with Crippen LogP contribution in [0.3, 0.4) is 0 Å².